The van der Waals surface area contributed by atoms with Crippen LogP contribution in [-0.2, 0) is 9.53 Å². The van der Waals surface area contributed by atoms with Crippen molar-refractivity contribution in [3.8, 4) is 0 Å². The number of nitrogens with two attached hydrogens (primary N) is 1. The molecule has 0 radical (unpaired) electrons. The van der Waals surface area contributed by atoms with Crippen molar-refractivity contribution >= 4 is 5.91 Å². The van der Waals surface area contributed by atoms with E-state index in [0.29, 0.717) is 30.7 Å². The summed E-state index contributed by atoms with van der Waals surface area (Å²) in [4.78, 5) is 14.4. The Kier molecular flexibility index (Phi) is 5.64. The van der Waals surface area contributed by atoms with Crippen molar-refractivity contribution in [3.05, 3.63) is 0 Å². The van der Waals surface area contributed by atoms with Gasteiger partial charge in [-0.3, -0.25) is 4.79 Å². The lowest BCUT2D eigenvalue weighted by Gasteiger charge is -2.38. The molecule has 0 aromatic rings. The standard InChI is InChI=1S/C15H28N2O2/c1-12-4-7-17(14(10-12)11-16)15(18)3-2-13-5-8-19-9-6-13/h12-14H,2-11,16H2,1H3. The average molecular weight is 268 g/mol. The molecule has 0 bridgehead atoms. The van der Waals surface area contributed by atoms with Crippen molar-refractivity contribution in [1.29, 1.82) is 0 Å². The minimum Gasteiger partial charge on any atom is -0.381 e. The highest BCUT2D eigenvalue weighted by Crippen LogP contribution is 2.25. The van der Waals surface area contributed by atoms with Crippen LogP contribution in [0, 0.1) is 11.8 Å². The van der Waals surface area contributed by atoms with E-state index in [-0.39, 0.29) is 6.04 Å². The lowest BCUT2D eigenvalue weighted by molar-refractivity contribution is -0.135. The van der Waals surface area contributed by atoms with E-state index in [1.54, 1.807) is 0 Å². The summed E-state index contributed by atoms with van der Waals surface area (Å²) in [5, 5.41) is 0. The fourth-order valence-corrected chi connectivity index (χ4v) is 3.31. The number of likely N-dealkylation sites (tertiary alicyclic amines) is 1. The molecule has 0 spiro atoms. The van der Waals surface area contributed by atoms with E-state index in [1.165, 1.54) is 0 Å². The first-order valence-corrected chi connectivity index (χ1v) is 7.78. The van der Waals surface area contributed by atoms with E-state index < -0.39 is 0 Å². The predicted octanol–water partition coefficient (Wildman–Crippen LogP) is 1.78. The number of carbonyl (C=O) groups is 1. The van der Waals surface area contributed by atoms with Gasteiger partial charge in [-0.1, -0.05) is 6.92 Å². The molecule has 4 heteroatoms. The smallest absolute Gasteiger partial charge is 0.222 e. The van der Waals surface area contributed by atoms with Gasteiger partial charge in [-0.25, -0.2) is 0 Å². The Morgan fingerprint density at radius 2 is 2.05 bits per heavy atom. The van der Waals surface area contributed by atoms with Crippen molar-refractivity contribution in [2.24, 2.45) is 17.6 Å². The topological polar surface area (TPSA) is 55.6 Å². The second kappa shape index (κ2) is 7.25. The Morgan fingerprint density at radius 3 is 2.74 bits per heavy atom. The molecular weight excluding hydrogens is 240 g/mol. The Labute approximate surface area is 116 Å². The van der Waals surface area contributed by atoms with Crippen LogP contribution in [-0.4, -0.2) is 43.2 Å². The zero-order valence-electron chi connectivity index (χ0n) is 12.1. The summed E-state index contributed by atoms with van der Waals surface area (Å²) in [6, 6.07) is 0.269. The average Bonchev–Trinajstić information content (AvgIpc) is 2.45. The summed E-state index contributed by atoms with van der Waals surface area (Å²) in [7, 11) is 0. The molecule has 19 heavy (non-hydrogen) atoms. The van der Waals surface area contributed by atoms with Gasteiger partial charge in [0.1, 0.15) is 0 Å². The third-order valence-corrected chi connectivity index (χ3v) is 4.68. The zero-order valence-corrected chi connectivity index (χ0v) is 12.1. The number of piperidine rings is 1. The van der Waals surface area contributed by atoms with Gasteiger partial charge in [0.05, 0.1) is 0 Å². The molecule has 2 unspecified atom stereocenters. The number of amides is 1. The molecule has 0 aromatic carbocycles. The maximum atomic E-state index is 12.4. The number of carbonyl (C=O) groups excluding carboxylic acids is 1. The lowest BCUT2D eigenvalue weighted by Crippen LogP contribution is -2.49. The molecular formula is C15H28N2O2. The van der Waals surface area contributed by atoms with Crippen LogP contribution < -0.4 is 5.73 Å². The third kappa shape index (κ3) is 4.18. The minimum atomic E-state index is 0.269. The molecule has 0 aromatic heterocycles. The first-order valence-electron chi connectivity index (χ1n) is 7.78. The Hall–Kier alpha value is -0.610. The predicted molar refractivity (Wildman–Crippen MR) is 75.7 cm³/mol. The molecule has 110 valence electrons. The first kappa shape index (κ1) is 14.8. The van der Waals surface area contributed by atoms with Crippen molar-refractivity contribution < 1.29 is 9.53 Å². The second-order valence-electron chi connectivity index (χ2n) is 6.20. The lowest BCUT2D eigenvalue weighted by atomic mass is 9.91. The summed E-state index contributed by atoms with van der Waals surface area (Å²) >= 11 is 0. The van der Waals surface area contributed by atoms with E-state index in [4.69, 9.17) is 10.5 Å². The normalized spacial score (nSPS) is 29.5. The maximum Gasteiger partial charge on any atom is 0.222 e. The van der Waals surface area contributed by atoms with Crippen LogP contribution in [0.15, 0.2) is 0 Å². The summed E-state index contributed by atoms with van der Waals surface area (Å²) in [5.41, 5.74) is 5.82. The Balaban J connectivity index is 1.77. The van der Waals surface area contributed by atoms with Crippen molar-refractivity contribution in [2.75, 3.05) is 26.3 Å². The zero-order chi connectivity index (χ0) is 13.7. The fraction of sp³-hybridized carbons (Fsp3) is 0.933. The molecule has 2 saturated heterocycles. The molecule has 2 atom stereocenters. The maximum absolute atomic E-state index is 12.4. The highest BCUT2D eigenvalue weighted by Gasteiger charge is 2.29. The van der Waals surface area contributed by atoms with Gasteiger partial charge in [0, 0.05) is 38.8 Å². The number of rotatable bonds is 4. The van der Waals surface area contributed by atoms with Crippen LogP contribution in [0.3, 0.4) is 0 Å². The number of ether oxygens (including phenoxy) is 1. The molecule has 0 saturated carbocycles. The fourth-order valence-electron chi connectivity index (χ4n) is 3.31. The summed E-state index contributed by atoms with van der Waals surface area (Å²) in [5.74, 6) is 1.69. The van der Waals surface area contributed by atoms with Crippen LogP contribution in [0.25, 0.3) is 0 Å². The molecule has 2 rings (SSSR count). The molecule has 2 N–H and O–H groups in total. The largest absolute Gasteiger partial charge is 0.381 e. The van der Waals surface area contributed by atoms with E-state index in [1.807, 2.05) is 4.90 Å². The van der Waals surface area contributed by atoms with Gasteiger partial charge in [-0.15, -0.1) is 0 Å². The third-order valence-electron chi connectivity index (χ3n) is 4.68. The van der Waals surface area contributed by atoms with E-state index in [2.05, 4.69) is 6.92 Å². The van der Waals surface area contributed by atoms with E-state index >= 15 is 0 Å². The monoisotopic (exact) mass is 268 g/mol. The van der Waals surface area contributed by atoms with Gasteiger partial charge >= 0.3 is 0 Å². The van der Waals surface area contributed by atoms with Crippen LogP contribution >= 0.6 is 0 Å². The van der Waals surface area contributed by atoms with E-state index in [9.17, 15) is 4.79 Å². The van der Waals surface area contributed by atoms with Gasteiger partial charge in [-0.05, 0) is 43.9 Å². The Bertz CT molecular complexity index is 290. The van der Waals surface area contributed by atoms with Crippen LogP contribution in [0.4, 0.5) is 0 Å². The summed E-state index contributed by atoms with van der Waals surface area (Å²) in [6.45, 7) is 5.49. The van der Waals surface area contributed by atoms with E-state index in [0.717, 1.165) is 51.9 Å². The van der Waals surface area contributed by atoms with Crippen LogP contribution in [0.5, 0.6) is 0 Å². The van der Waals surface area contributed by atoms with Gasteiger partial charge < -0.3 is 15.4 Å². The molecule has 0 aliphatic carbocycles. The number of nitrogens with zero attached hydrogens (tertiary/aromatic N) is 1. The molecule has 2 heterocycles. The van der Waals surface area contributed by atoms with Gasteiger partial charge in [0.2, 0.25) is 5.91 Å². The number of hydrogen-bond donors (Lipinski definition) is 1. The molecule has 1 amide bonds. The minimum absolute atomic E-state index is 0.269. The second-order valence-corrected chi connectivity index (χ2v) is 6.20. The van der Waals surface area contributed by atoms with Crippen molar-refractivity contribution in [2.45, 2.75) is 51.5 Å². The van der Waals surface area contributed by atoms with Crippen LogP contribution in [0.2, 0.25) is 0 Å². The van der Waals surface area contributed by atoms with Gasteiger partial charge in [0.15, 0.2) is 0 Å². The molecule has 2 fully saturated rings. The summed E-state index contributed by atoms with van der Waals surface area (Å²) < 4.78 is 5.36. The SMILES string of the molecule is CC1CCN(C(=O)CCC2CCOCC2)C(CN)C1. The van der Waals surface area contributed by atoms with Crippen molar-refractivity contribution in [3.63, 3.8) is 0 Å². The van der Waals surface area contributed by atoms with Gasteiger partial charge in [0.25, 0.3) is 0 Å². The van der Waals surface area contributed by atoms with Crippen LogP contribution in [0.1, 0.15) is 45.4 Å². The first-order chi connectivity index (χ1) is 9.20. The number of hydrogen-bond acceptors (Lipinski definition) is 3. The highest BCUT2D eigenvalue weighted by atomic mass is 16.5. The molecule has 2 aliphatic rings. The van der Waals surface area contributed by atoms with Crippen molar-refractivity contribution in [1.82, 2.24) is 4.90 Å². The summed E-state index contributed by atoms with van der Waals surface area (Å²) in [6.07, 6.45) is 6.13. The quantitative estimate of drug-likeness (QED) is 0.845. The molecule has 4 nitrogen and oxygen atoms in total. The Morgan fingerprint density at radius 1 is 1.32 bits per heavy atom. The highest BCUT2D eigenvalue weighted by molar-refractivity contribution is 5.76. The molecule has 2 aliphatic heterocycles. The van der Waals surface area contributed by atoms with Gasteiger partial charge in [-0.2, -0.15) is 0 Å².